The topological polar surface area (TPSA) is 125 Å². The predicted octanol–water partition coefficient (Wildman–Crippen LogP) is 3.05. The van der Waals surface area contributed by atoms with Gasteiger partial charge in [-0.25, -0.2) is 8.42 Å². The van der Waals surface area contributed by atoms with Crippen LogP contribution < -0.4 is 14.9 Å². The van der Waals surface area contributed by atoms with E-state index in [-0.39, 0.29) is 18.4 Å². The van der Waals surface area contributed by atoms with E-state index in [0.717, 1.165) is 46.7 Å². The van der Waals surface area contributed by atoms with Gasteiger partial charge in [-0.1, -0.05) is 42.5 Å². The summed E-state index contributed by atoms with van der Waals surface area (Å²) in [6, 6.07) is 19.1. The van der Waals surface area contributed by atoms with Gasteiger partial charge in [-0.05, 0) is 49.0 Å². The first kappa shape index (κ1) is 26.5. The zero-order chi connectivity index (χ0) is 29.3. The fourth-order valence-corrected chi connectivity index (χ4v) is 6.93. The summed E-state index contributed by atoms with van der Waals surface area (Å²) in [6.07, 6.45) is 6.00. The molecular formula is C31H30N6O4S. The van der Waals surface area contributed by atoms with Crippen LogP contribution in [0.25, 0.3) is 22.0 Å². The van der Waals surface area contributed by atoms with Gasteiger partial charge in [0.05, 0.1) is 41.6 Å². The lowest BCUT2D eigenvalue weighted by Crippen LogP contribution is -2.67. The van der Waals surface area contributed by atoms with Gasteiger partial charge >= 0.3 is 0 Å². The van der Waals surface area contributed by atoms with Crippen molar-refractivity contribution in [2.75, 3.05) is 36.0 Å². The Morgan fingerprint density at radius 2 is 1.71 bits per heavy atom. The zero-order valence-corrected chi connectivity index (χ0v) is 24.1. The maximum absolute atomic E-state index is 14.2. The average molecular weight is 583 g/mol. The number of nitrogens with zero attached hydrogens (tertiary/aromatic N) is 4. The van der Waals surface area contributed by atoms with E-state index in [4.69, 9.17) is 4.98 Å². The van der Waals surface area contributed by atoms with E-state index in [1.54, 1.807) is 28.1 Å². The van der Waals surface area contributed by atoms with Crippen LogP contribution in [-0.4, -0.2) is 67.0 Å². The summed E-state index contributed by atoms with van der Waals surface area (Å²) in [5.41, 5.74) is 2.93. The highest BCUT2D eigenvalue weighted by molar-refractivity contribution is 7.92. The fourth-order valence-electron chi connectivity index (χ4n) is 6.38. The van der Waals surface area contributed by atoms with Crippen molar-refractivity contribution >= 4 is 44.0 Å². The van der Waals surface area contributed by atoms with Crippen LogP contribution in [0.1, 0.15) is 24.1 Å². The quantitative estimate of drug-likeness (QED) is 0.343. The summed E-state index contributed by atoms with van der Waals surface area (Å²) < 4.78 is 25.9. The van der Waals surface area contributed by atoms with Crippen molar-refractivity contribution in [1.29, 1.82) is 0 Å². The molecule has 0 bridgehead atoms. The molecule has 4 heterocycles. The molecule has 214 valence electrons. The van der Waals surface area contributed by atoms with Gasteiger partial charge in [0.2, 0.25) is 21.8 Å². The second-order valence-electron chi connectivity index (χ2n) is 11.5. The number of hydrogen-bond donors (Lipinski definition) is 2. The van der Waals surface area contributed by atoms with Crippen molar-refractivity contribution in [2.24, 2.45) is 0 Å². The lowest BCUT2D eigenvalue weighted by atomic mass is 9.74. The minimum atomic E-state index is -3.45. The normalized spacial score (nSPS) is 18.2. The molecule has 2 aromatic carbocycles. The number of rotatable bonds is 7. The van der Waals surface area contributed by atoms with Gasteiger partial charge in [0.25, 0.3) is 0 Å². The molecule has 0 atom stereocenters. The van der Waals surface area contributed by atoms with Gasteiger partial charge in [-0.15, -0.1) is 0 Å². The highest BCUT2D eigenvalue weighted by Crippen LogP contribution is 2.50. The second kappa shape index (κ2) is 9.33. The number of para-hydroxylation sites is 1. The van der Waals surface area contributed by atoms with E-state index in [2.05, 4.69) is 15.0 Å². The summed E-state index contributed by atoms with van der Waals surface area (Å²) in [5.74, 6) is 0.0290. The summed E-state index contributed by atoms with van der Waals surface area (Å²) in [4.78, 5) is 40.4. The third-order valence-electron chi connectivity index (χ3n) is 8.72. The molecule has 1 saturated heterocycles. The van der Waals surface area contributed by atoms with Crippen LogP contribution in [0.5, 0.6) is 0 Å². The molecule has 2 aromatic heterocycles. The van der Waals surface area contributed by atoms with Crippen LogP contribution >= 0.6 is 0 Å². The number of likely N-dealkylation sites (N-methyl/N-ethyl adjacent to an activating group) is 1. The first-order valence-electron chi connectivity index (χ1n) is 13.8. The highest BCUT2D eigenvalue weighted by atomic mass is 32.2. The molecule has 0 unspecified atom stereocenters. The Labute approximate surface area is 243 Å². The summed E-state index contributed by atoms with van der Waals surface area (Å²) >= 11 is 0. The smallest absolute Gasteiger partial charge is 0.242 e. The molecule has 2 fully saturated rings. The van der Waals surface area contributed by atoms with Crippen LogP contribution in [0.15, 0.2) is 73.1 Å². The summed E-state index contributed by atoms with van der Waals surface area (Å²) in [7, 11) is -1.63. The van der Waals surface area contributed by atoms with E-state index in [9.17, 15) is 18.0 Å². The third-order valence-corrected chi connectivity index (χ3v) is 9.33. The zero-order valence-electron chi connectivity index (χ0n) is 23.3. The number of carbonyl (C=O) groups excluding carboxylic acids is 2. The number of anilines is 2. The van der Waals surface area contributed by atoms with E-state index in [0.29, 0.717) is 30.2 Å². The number of likely N-dealkylation sites (tertiary alicyclic amines) is 1. The number of nitrogens with one attached hydrogen (secondary N) is 2. The maximum atomic E-state index is 14.2. The number of sulfonamides is 1. The molecule has 7 rings (SSSR count). The van der Waals surface area contributed by atoms with Gasteiger partial charge in [-0.3, -0.25) is 24.3 Å². The summed E-state index contributed by atoms with van der Waals surface area (Å²) in [5, 5.41) is 5.02. The van der Waals surface area contributed by atoms with Crippen LogP contribution in [0.2, 0.25) is 0 Å². The van der Waals surface area contributed by atoms with Gasteiger partial charge in [0.15, 0.2) is 0 Å². The molecule has 10 nitrogen and oxygen atoms in total. The van der Waals surface area contributed by atoms with Crippen LogP contribution in [-0.2, 0) is 31.6 Å². The van der Waals surface area contributed by atoms with Gasteiger partial charge in [0.1, 0.15) is 5.41 Å². The number of hydrogen-bond acceptors (Lipinski definition) is 7. The summed E-state index contributed by atoms with van der Waals surface area (Å²) in [6.45, 7) is 0.934. The van der Waals surface area contributed by atoms with Gasteiger partial charge in [0, 0.05) is 35.9 Å². The second-order valence-corrected chi connectivity index (χ2v) is 13.2. The molecule has 1 spiro atoms. The molecule has 1 saturated carbocycles. The highest BCUT2D eigenvalue weighted by Gasteiger charge is 2.62. The Morgan fingerprint density at radius 1 is 0.976 bits per heavy atom. The van der Waals surface area contributed by atoms with Gasteiger partial charge in [-0.2, -0.15) is 0 Å². The number of amides is 2. The molecule has 1 aliphatic carbocycles. The molecule has 11 heteroatoms. The monoisotopic (exact) mass is 582 g/mol. The van der Waals surface area contributed by atoms with Crippen LogP contribution in [0.4, 0.5) is 11.4 Å². The van der Waals surface area contributed by atoms with Crippen LogP contribution in [0.3, 0.4) is 0 Å². The molecule has 4 aromatic rings. The first-order valence-corrected chi connectivity index (χ1v) is 15.7. The minimum Gasteiger partial charge on any atom is -0.338 e. The number of aromatic nitrogens is 2. The number of pyridine rings is 2. The van der Waals surface area contributed by atoms with Crippen molar-refractivity contribution in [2.45, 2.75) is 30.3 Å². The molecule has 42 heavy (non-hydrogen) atoms. The van der Waals surface area contributed by atoms with Crippen molar-refractivity contribution in [3.8, 4) is 11.3 Å². The molecule has 2 aliphatic heterocycles. The van der Waals surface area contributed by atoms with E-state index in [1.165, 1.54) is 6.20 Å². The maximum Gasteiger partial charge on any atom is 0.242 e. The molecule has 0 radical (unpaired) electrons. The fraction of sp³-hybridized carbons (Fsp3) is 0.290. The largest absolute Gasteiger partial charge is 0.338 e. The van der Waals surface area contributed by atoms with Gasteiger partial charge < -0.3 is 15.1 Å². The third kappa shape index (κ3) is 4.14. The Hall–Kier alpha value is -4.35. The number of carbonyl (C=O) groups is 2. The number of benzene rings is 2. The van der Waals surface area contributed by atoms with E-state index in [1.807, 2.05) is 55.6 Å². The molecule has 3 aliphatic rings. The lowest BCUT2D eigenvalue weighted by Gasteiger charge is -2.48. The van der Waals surface area contributed by atoms with Crippen molar-refractivity contribution < 1.29 is 18.0 Å². The van der Waals surface area contributed by atoms with E-state index >= 15 is 0 Å². The minimum absolute atomic E-state index is 0.0383. The SMILES string of the molecule is CNC1(C(=O)N2CC3(C2)C(=O)N(Cc2ncc4ccccc4c2-c2ccc(NS(C)(=O)=O)cn2)c2ccccc23)CC1. The Bertz CT molecular complexity index is 1860. The van der Waals surface area contributed by atoms with Crippen molar-refractivity contribution in [3.63, 3.8) is 0 Å². The average Bonchev–Trinajstić information content (AvgIpc) is 3.72. The van der Waals surface area contributed by atoms with Crippen molar-refractivity contribution in [3.05, 3.63) is 84.3 Å². The molecule has 2 amide bonds. The first-order chi connectivity index (χ1) is 20.1. The molecule has 2 N–H and O–H groups in total. The Morgan fingerprint density at radius 3 is 2.40 bits per heavy atom. The Balaban J connectivity index is 1.25. The van der Waals surface area contributed by atoms with Crippen molar-refractivity contribution in [1.82, 2.24) is 20.2 Å². The van der Waals surface area contributed by atoms with Crippen LogP contribution in [0, 0.1) is 0 Å². The molecular weight excluding hydrogens is 552 g/mol. The standard InChI is InChI=1S/C31H30N6O4S/c1-32-31(13-14-31)29(39)36-18-30(19-36)23-9-5-6-10-26(23)37(28(30)38)17-25-27(22-8-4-3-7-20(22)15-33-25)24-12-11-21(16-34-24)35-42(2,40)41/h3-12,15-16,32,35H,13-14,17-19H2,1-2H3. The Kier molecular flexibility index (Phi) is 5.90. The lowest BCUT2D eigenvalue weighted by molar-refractivity contribution is -0.146. The predicted molar refractivity (Wildman–Crippen MR) is 160 cm³/mol. The number of fused-ring (bicyclic) bond motifs is 3. The van der Waals surface area contributed by atoms with E-state index < -0.39 is 21.0 Å².